The highest BCUT2D eigenvalue weighted by molar-refractivity contribution is 6.12. The summed E-state index contributed by atoms with van der Waals surface area (Å²) in [5, 5.41) is 3.45. The third-order valence-electron chi connectivity index (χ3n) is 5.56. The lowest BCUT2D eigenvalue weighted by atomic mass is 9.98. The number of amides is 3. The molecule has 1 aromatic carbocycles. The van der Waals surface area contributed by atoms with Gasteiger partial charge < -0.3 is 14.7 Å². The molecule has 0 bridgehead atoms. The van der Waals surface area contributed by atoms with E-state index >= 15 is 0 Å². The molecule has 1 atom stereocenters. The first-order valence-corrected chi connectivity index (χ1v) is 9.50. The summed E-state index contributed by atoms with van der Waals surface area (Å²) in [6, 6.07) is 8.30. The largest absolute Gasteiger partial charge is 0.458 e. The van der Waals surface area contributed by atoms with Gasteiger partial charge in [0.2, 0.25) is 0 Å². The number of aromatic nitrogens is 1. The molecule has 1 saturated heterocycles. The van der Waals surface area contributed by atoms with Crippen molar-refractivity contribution >= 4 is 34.5 Å². The van der Waals surface area contributed by atoms with Crippen molar-refractivity contribution in [2.75, 3.05) is 6.54 Å². The van der Waals surface area contributed by atoms with Crippen LogP contribution < -0.4 is 5.32 Å². The summed E-state index contributed by atoms with van der Waals surface area (Å²) in [6.45, 7) is 5.89. The van der Waals surface area contributed by atoms with E-state index in [2.05, 4.69) is 10.3 Å². The predicted molar refractivity (Wildman–Crippen MR) is 108 cm³/mol. The molecule has 0 unspecified atom stereocenters. The lowest BCUT2D eigenvalue weighted by molar-refractivity contribution is -0.131. The Morgan fingerprint density at radius 1 is 1.17 bits per heavy atom. The number of nitrogens with zero attached hydrogens (tertiary/aromatic N) is 1. The molecule has 30 heavy (non-hydrogen) atoms. The molecule has 1 fully saturated rings. The standard InChI is InChI=1S/C22H21N3O5/c1-11-18(13(3)26)12(2)23-19(11)15(27)10-25-20(28)22(4,24-21(25)29)17-9-14-7-5-6-8-16(14)30-17/h5-9,23H,10H2,1-4H3,(H,24,29)/t22-/m0/s1. The Morgan fingerprint density at radius 3 is 2.50 bits per heavy atom. The summed E-state index contributed by atoms with van der Waals surface area (Å²) >= 11 is 0. The van der Waals surface area contributed by atoms with Gasteiger partial charge in [0.25, 0.3) is 5.91 Å². The number of furan rings is 1. The fourth-order valence-electron chi connectivity index (χ4n) is 4.02. The molecule has 3 heterocycles. The molecule has 2 N–H and O–H groups in total. The number of urea groups is 1. The van der Waals surface area contributed by atoms with Crippen molar-refractivity contribution in [1.82, 2.24) is 15.2 Å². The number of ketones is 2. The number of nitrogens with one attached hydrogen (secondary N) is 2. The normalized spacial score (nSPS) is 18.9. The van der Waals surface area contributed by atoms with E-state index in [-0.39, 0.29) is 11.5 Å². The van der Waals surface area contributed by atoms with Gasteiger partial charge in [-0.1, -0.05) is 18.2 Å². The molecular weight excluding hydrogens is 386 g/mol. The maximum Gasteiger partial charge on any atom is 0.325 e. The fourth-order valence-corrected chi connectivity index (χ4v) is 4.02. The highest BCUT2D eigenvalue weighted by atomic mass is 16.3. The van der Waals surface area contributed by atoms with Crippen LogP contribution in [-0.2, 0) is 10.3 Å². The zero-order valence-electron chi connectivity index (χ0n) is 17.1. The number of carbonyl (C=O) groups is 4. The molecule has 154 valence electrons. The number of benzene rings is 1. The second kappa shape index (κ2) is 6.69. The van der Waals surface area contributed by atoms with Gasteiger partial charge in [0.05, 0.1) is 12.2 Å². The van der Waals surface area contributed by atoms with E-state index in [0.717, 1.165) is 10.3 Å². The van der Waals surface area contributed by atoms with Crippen molar-refractivity contribution in [3.8, 4) is 0 Å². The quantitative estimate of drug-likeness (QED) is 0.498. The number of para-hydroxylation sites is 1. The highest BCUT2D eigenvalue weighted by Crippen LogP contribution is 2.33. The van der Waals surface area contributed by atoms with E-state index in [9.17, 15) is 19.2 Å². The van der Waals surface area contributed by atoms with Gasteiger partial charge >= 0.3 is 6.03 Å². The van der Waals surface area contributed by atoms with Crippen LogP contribution in [0.3, 0.4) is 0 Å². The first-order chi connectivity index (χ1) is 14.1. The molecule has 0 saturated carbocycles. The number of hydrogen-bond acceptors (Lipinski definition) is 5. The molecule has 2 aromatic heterocycles. The molecule has 4 rings (SSSR count). The summed E-state index contributed by atoms with van der Waals surface area (Å²) in [6.07, 6.45) is 0. The van der Waals surface area contributed by atoms with Crippen LogP contribution >= 0.6 is 0 Å². The predicted octanol–water partition coefficient (Wildman–Crippen LogP) is 3.23. The topological polar surface area (TPSA) is 112 Å². The first kappa shape index (κ1) is 19.6. The van der Waals surface area contributed by atoms with E-state index in [1.54, 1.807) is 32.9 Å². The molecule has 3 amide bonds. The Kier molecular flexibility index (Phi) is 4.38. The number of rotatable bonds is 5. The first-order valence-electron chi connectivity index (χ1n) is 9.50. The Morgan fingerprint density at radius 2 is 1.87 bits per heavy atom. The van der Waals surface area contributed by atoms with E-state index in [0.29, 0.717) is 28.2 Å². The SMILES string of the molecule is CC(=O)c1c(C)[nH]c(C(=O)CN2C(=O)N[C@@](C)(c3cc4ccccc4o3)C2=O)c1C. The van der Waals surface area contributed by atoms with Crippen molar-refractivity contribution in [2.45, 2.75) is 33.2 Å². The Hall–Kier alpha value is -3.68. The van der Waals surface area contributed by atoms with Crippen LogP contribution in [0, 0.1) is 13.8 Å². The minimum absolute atomic E-state index is 0.159. The zero-order chi connectivity index (χ0) is 21.8. The molecule has 0 spiro atoms. The summed E-state index contributed by atoms with van der Waals surface area (Å²) in [5.74, 6) is -0.899. The molecule has 1 aliphatic heterocycles. The number of aryl methyl sites for hydroxylation is 1. The maximum atomic E-state index is 13.1. The van der Waals surface area contributed by atoms with Gasteiger partial charge in [0.15, 0.2) is 17.1 Å². The van der Waals surface area contributed by atoms with Gasteiger partial charge in [-0.2, -0.15) is 0 Å². The average Bonchev–Trinajstić information content (AvgIpc) is 3.31. The average molecular weight is 407 g/mol. The van der Waals surface area contributed by atoms with Crippen molar-refractivity contribution in [1.29, 1.82) is 0 Å². The minimum Gasteiger partial charge on any atom is -0.458 e. The molecule has 0 radical (unpaired) electrons. The van der Waals surface area contributed by atoms with Gasteiger partial charge in [-0.05, 0) is 45.4 Å². The van der Waals surface area contributed by atoms with Crippen molar-refractivity contribution < 1.29 is 23.6 Å². The van der Waals surface area contributed by atoms with Gasteiger partial charge in [0, 0.05) is 16.6 Å². The van der Waals surface area contributed by atoms with Crippen LogP contribution in [0.25, 0.3) is 11.0 Å². The summed E-state index contributed by atoms with van der Waals surface area (Å²) < 4.78 is 5.79. The molecule has 8 heteroatoms. The van der Waals surface area contributed by atoms with Gasteiger partial charge in [0.1, 0.15) is 11.3 Å². The number of aromatic amines is 1. The number of Topliss-reactive ketones (excluding diaryl/α,β-unsaturated/α-hetero) is 2. The van der Waals surface area contributed by atoms with Crippen LogP contribution in [0.2, 0.25) is 0 Å². The van der Waals surface area contributed by atoms with Crippen LogP contribution in [0.15, 0.2) is 34.7 Å². The smallest absolute Gasteiger partial charge is 0.325 e. The molecular formula is C22H21N3O5. The molecule has 0 aliphatic carbocycles. The Labute approximate surface area is 172 Å². The number of carbonyl (C=O) groups excluding carboxylic acids is 4. The lowest BCUT2D eigenvalue weighted by Crippen LogP contribution is -2.41. The highest BCUT2D eigenvalue weighted by Gasteiger charge is 2.51. The maximum absolute atomic E-state index is 13.1. The number of H-pyrrole nitrogens is 1. The van der Waals surface area contributed by atoms with E-state index in [1.165, 1.54) is 6.92 Å². The molecule has 8 nitrogen and oxygen atoms in total. The number of hydrogen-bond donors (Lipinski definition) is 2. The number of fused-ring (bicyclic) bond motifs is 1. The zero-order valence-corrected chi connectivity index (χ0v) is 17.1. The third kappa shape index (κ3) is 2.83. The van der Waals surface area contributed by atoms with E-state index in [4.69, 9.17) is 4.42 Å². The van der Waals surface area contributed by atoms with Crippen LogP contribution in [0.4, 0.5) is 4.79 Å². The van der Waals surface area contributed by atoms with Crippen molar-refractivity contribution in [2.24, 2.45) is 0 Å². The van der Waals surface area contributed by atoms with E-state index in [1.807, 2.05) is 18.2 Å². The Balaban J connectivity index is 1.62. The van der Waals surface area contributed by atoms with Crippen LogP contribution in [0.5, 0.6) is 0 Å². The lowest BCUT2D eigenvalue weighted by Gasteiger charge is -2.18. The van der Waals surface area contributed by atoms with Gasteiger partial charge in [-0.3, -0.25) is 19.3 Å². The second-order valence-electron chi connectivity index (χ2n) is 7.70. The Bertz CT molecular complexity index is 1200. The second-order valence-corrected chi connectivity index (χ2v) is 7.70. The van der Waals surface area contributed by atoms with Crippen molar-refractivity contribution in [3.63, 3.8) is 0 Å². The summed E-state index contributed by atoms with van der Waals surface area (Å²) in [5.41, 5.74) is 0.935. The van der Waals surface area contributed by atoms with Gasteiger partial charge in [-0.15, -0.1) is 0 Å². The summed E-state index contributed by atoms with van der Waals surface area (Å²) in [4.78, 5) is 54.1. The minimum atomic E-state index is -1.42. The van der Waals surface area contributed by atoms with E-state index < -0.39 is 29.8 Å². The van der Waals surface area contributed by atoms with Crippen molar-refractivity contribution in [3.05, 3.63) is 58.6 Å². The summed E-state index contributed by atoms with van der Waals surface area (Å²) in [7, 11) is 0. The monoisotopic (exact) mass is 407 g/mol. The van der Waals surface area contributed by atoms with Crippen LogP contribution in [-0.4, -0.2) is 39.9 Å². The fraction of sp³-hybridized carbons (Fsp3) is 0.273. The van der Waals surface area contributed by atoms with Crippen LogP contribution in [0.1, 0.15) is 51.7 Å². The molecule has 1 aliphatic rings. The third-order valence-corrected chi connectivity index (χ3v) is 5.56. The number of imide groups is 1. The van der Waals surface area contributed by atoms with Gasteiger partial charge in [-0.25, -0.2) is 4.79 Å². The molecule has 3 aromatic rings.